The summed E-state index contributed by atoms with van der Waals surface area (Å²) in [6.07, 6.45) is 3.93. The average molecular weight is 284 g/mol. The Bertz CT molecular complexity index is 417. The van der Waals surface area contributed by atoms with Gasteiger partial charge in [-0.15, -0.1) is 0 Å². The highest BCUT2D eigenvalue weighted by molar-refractivity contribution is 6.62. The van der Waals surface area contributed by atoms with E-state index in [1.54, 1.807) is 12.1 Å². The molecule has 0 spiro atoms. The molecule has 0 aliphatic heterocycles. The first-order valence-corrected chi connectivity index (χ1v) is 6.62. The molecule has 1 amide bonds. The number of carbonyl (C=O) groups excluding carboxylic acids is 2. The summed E-state index contributed by atoms with van der Waals surface area (Å²) in [6.45, 7) is 0.615. The Kier molecular flexibility index (Phi) is 6.97. The summed E-state index contributed by atoms with van der Waals surface area (Å²) < 4.78 is 4.64. The predicted octanol–water partition coefficient (Wildman–Crippen LogP) is 3.13. The molecule has 0 saturated carbocycles. The summed E-state index contributed by atoms with van der Waals surface area (Å²) in [5.41, 5.74) is 1.75. The van der Waals surface area contributed by atoms with Gasteiger partial charge < -0.3 is 10.1 Å². The zero-order valence-electron chi connectivity index (χ0n) is 10.9. The fraction of sp³-hybridized carbons (Fsp3) is 0.429. The van der Waals surface area contributed by atoms with Crippen molar-refractivity contribution in [3.8, 4) is 0 Å². The minimum Gasteiger partial charge on any atom is -0.465 e. The second kappa shape index (κ2) is 8.53. The Morgan fingerprint density at radius 3 is 2.42 bits per heavy atom. The van der Waals surface area contributed by atoms with E-state index < -0.39 is 5.37 Å². The first kappa shape index (κ1) is 15.5. The fourth-order valence-corrected chi connectivity index (χ4v) is 1.84. The van der Waals surface area contributed by atoms with E-state index in [2.05, 4.69) is 10.1 Å². The van der Waals surface area contributed by atoms with Gasteiger partial charge in [-0.2, -0.15) is 0 Å². The van der Waals surface area contributed by atoms with Gasteiger partial charge >= 0.3 is 11.3 Å². The number of methoxy groups -OCH3 is 1. The molecule has 0 atom stereocenters. The van der Waals surface area contributed by atoms with Crippen LogP contribution in [0.15, 0.2) is 24.3 Å². The Labute approximate surface area is 118 Å². The summed E-state index contributed by atoms with van der Waals surface area (Å²) in [6, 6.07) is 7.42. The monoisotopic (exact) mass is 283 g/mol. The van der Waals surface area contributed by atoms with Crippen molar-refractivity contribution in [2.45, 2.75) is 25.7 Å². The lowest BCUT2D eigenvalue weighted by Crippen LogP contribution is -2.17. The van der Waals surface area contributed by atoms with Gasteiger partial charge in [0.05, 0.1) is 12.7 Å². The maximum atomic E-state index is 11.2. The fourth-order valence-electron chi connectivity index (χ4n) is 1.74. The molecule has 1 N–H and O–H groups in total. The zero-order valence-corrected chi connectivity index (χ0v) is 11.7. The summed E-state index contributed by atoms with van der Waals surface area (Å²) >= 11 is 5.15. The molecule has 0 saturated heterocycles. The van der Waals surface area contributed by atoms with Crippen LogP contribution >= 0.6 is 11.6 Å². The number of benzene rings is 1. The molecule has 0 unspecified atom stereocenters. The molecule has 0 aromatic heterocycles. The number of hydrogen-bond donors (Lipinski definition) is 1. The molecule has 0 radical (unpaired) electrons. The van der Waals surface area contributed by atoms with E-state index in [9.17, 15) is 9.59 Å². The second-order valence-electron chi connectivity index (χ2n) is 4.20. The van der Waals surface area contributed by atoms with Gasteiger partial charge in [-0.05, 0) is 48.6 Å². The van der Waals surface area contributed by atoms with E-state index in [4.69, 9.17) is 11.6 Å². The Hall–Kier alpha value is -1.55. The third-order valence-corrected chi connectivity index (χ3v) is 2.91. The SMILES string of the molecule is COC(=O)c1ccc(CCCCCNC(=O)Cl)cc1. The molecule has 0 bridgehead atoms. The molecular weight excluding hydrogens is 266 g/mol. The highest BCUT2D eigenvalue weighted by atomic mass is 35.5. The number of amides is 1. The van der Waals surface area contributed by atoms with Crippen LogP contribution in [-0.2, 0) is 11.2 Å². The van der Waals surface area contributed by atoms with Crippen LogP contribution in [0, 0.1) is 0 Å². The molecule has 19 heavy (non-hydrogen) atoms. The molecule has 104 valence electrons. The van der Waals surface area contributed by atoms with Gasteiger partial charge in [0.15, 0.2) is 0 Å². The van der Waals surface area contributed by atoms with Gasteiger partial charge in [-0.3, -0.25) is 4.79 Å². The molecule has 4 nitrogen and oxygen atoms in total. The Morgan fingerprint density at radius 2 is 1.84 bits per heavy atom. The molecule has 0 heterocycles. The summed E-state index contributed by atoms with van der Waals surface area (Å²) in [7, 11) is 1.37. The number of carbonyl (C=O) groups is 2. The van der Waals surface area contributed by atoms with Gasteiger partial charge in [-0.25, -0.2) is 4.79 Å². The van der Waals surface area contributed by atoms with Crippen LogP contribution in [0.25, 0.3) is 0 Å². The Morgan fingerprint density at radius 1 is 1.16 bits per heavy atom. The van der Waals surface area contributed by atoms with Gasteiger partial charge in [-0.1, -0.05) is 18.6 Å². The maximum absolute atomic E-state index is 11.2. The Balaban J connectivity index is 2.23. The first-order valence-electron chi connectivity index (χ1n) is 6.24. The molecule has 5 heteroatoms. The highest BCUT2D eigenvalue weighted by Crippen LogP contribution is 2.09. The van der Waals surface area contributed by atoms with Crippen molar-refractivity contribution in [3.05, 3.63) is 35.4 Å². The number of nitrogens with one attached hydrogen (secondary N) is 1. The van der Waals surface area contributed by atoms with Crippen LogP contribution < -0.4 is 5.32 Å². The van der Waals surface area contributed by atoms with Gasteiger partial charge in [0, 0.05) is 6.54 Å². The van der Waals surface area contributed by atoms with E-state index in [1.807, 2.05) is 12.1 Å². The van der Waals surface area contributed by atoms with E-state index in [0.717, 1.165) is 25.7 Å². The number of aryl methyl sites for hydroxylation is 1. The summed E-state index contributed by atoms with van der Waals surface area (Å²) in [4.78, 5) is 21.7. The number of esters is 1. The zero-order chi connectivity index (χ0) is 14.1. The lowest BCUT2D eigenvalue weighted by atomic mass is 10.1. The maximum Gasteiger partial charge on any atom is 0.337 e. The smallest absolute Gasteiger partial charge is 0.337 e. The summed E-state index contributed by atoms with van der Waals surface area (Å²) in [5.74, 6) is -0.316. The van der Waals surface area contributed by atoms with Crippen molar-refractivity contribution in [2.75, 3.05) is 13.7 Å². The largest absolute Gasteiger partial charge is 0.465 e. The van der Waals surface area contributed by atoms with Crippen molar-refractivity contribution in [1.29, 1.82) is 0 Å². The molecule has 0 aliphatic carbocycles. The standard InChI is InChI=1S/C14H18ClNO3/c1-19-13(17)12-8-6-11(7-9-12)5-3-2-4-10-16-14(15)18/h6-9H,2-5,10H2,1H3,(H,16,18). The number of hydrogen-bond acceptors (Lipinski definition) is 3. The third kappa shape index (κ3) is 6.25. The molecule has 0 fully saturated rings. The van der Waals surface area contributed by atoms with Crippen molar-refractivity contribution in [2.24, 2.45) is 0 Å². The van der Waals surface area contributed by atoms with E-state index in [0.29, 0.717) is 12.1 Å². The van der Waals surface area contributed by atoms with Crippen LogP contribution in [-0.4, -0.2) is 25.0 Å². The normalized spacial score (nSPS) is 10.0. The number of rotatable bonds is 7. The number of unbranched alkanes of at least 4 members (excludes halogenated alkanes) is 2. The molecule has 1 rings (SSSR count). The van der Waals surface area contributed by atoms with Gasteiger partial charge in [0.1, 0.15) is 0 Å². The van der Waals surface area contributed by atoms with Crippen molar-refractivity contribution in [1.82, 2.24) is 5.32 Å². The molecule has 0 aliphatic rings. The first-order chi connectivity index (χ1) is 9.13. The van der Waals surface area contributed by atoms with Crippen LogP contribution in [0.3, 0.4) is 0 Å². The quantitative estimate of drug-likeness (QED) is 0.362. The van der Waals surface area contributed by atoms with Crippen molar-refractivity contribution < 1.29 is 14.3 Å². The lowest BCUT2D eigenvalue weighted by molar-refractivity contribution is 0.0600. The molecule has 1 aromatic carbocycles. The van der Waals surface area contributed by atoms with E-state index in [-0.39, 0.29) is 5.97 Å². The number of halogens is 1. The van der Waals surface area contributed by atoms with Crippen molar-refractivity contribution >= 4 is 22.9 Å². The topological polar surface area (TPSA) is 55.4 Å². The van der Waals surface area contributed by atoms with Crippen LogP contribution in [0.5, 0.6) is 0 Å². The van der Waals surface area contributed by atoms with Crippen LogP contribution in [0.1, 0.15) is 35.2 Å². The van der Waals surface area contributed by atoms with Crippen LogP contribution in [0.4, 0.5) is 4.79 Å². The van der Waals surface area contributed by atoms with Crippen molar-refractivity contribution in [3.63, 3.8) is 0 Å². The van der Waals surface area contributed by atoms with Gasteiger partial charge in [0.2, 0.25) is 0 Å². The highest BCUT2D eigenvalue weighted by Gasteiger charge is 2.04. The third-order valence-electron chi connectivity index (χ3n) is 2.78. The lowest BCUT2D eigenvalue weighted by Gasteiger charge is -2.04. The minimum atomic E-state index is -0.501. The van der Waals surface area contributed by atoms with E-state index >= 15 is 0 Å². The average Bonchev–Trinajstić information content (AvgIpc) is 2.42. The predicted molar refractivity (Wildman–Crippen MR) is 74.6 cm³/mol. The molecule has 1 aromatic rings. The second-order valence-corrected chi connectivity index (χ2v) is 4.54. The minimum absolute atomic E-state index is 0.316. The molecular formula is C14H18ClNO3. The summed E-state index contributed by atoms with van der Waals surface area (Å²) in [5, 5.41) is 2.04. The van der Waals surface area contributed by atoms with E-state index in [1.165, 1.54) is 12.7 Å². The van der Waals surface area contributed by atoms with Crippen LogP contribution in [0.2, 0.25) is 0 Å². The number of ether oxygens (including phenoxy) is 1. The van der Waals surface area contributed by atoms with Gasteiger partial charge in [0.25, 0.3) is 0 Å².